The lowest BCUT2D eigenvalue weighted by atomic mass is 10.1. The van der Waals surface area contributed by atoms with Crippen LogP contribution in [-0.4, -0.2) is 37.2 Å². The Morgan fingerprint density at radius 2 is 0.619 bits per heavy atom. The molecule has 0 aliphatic rings. The third-order valence-corrected chi connectivity index (χ3v) is 10.2. The summed E-state index contributed by atoms with van der Waals surface area (Å²) in [6, 6.07) is 0. The van der Waals surface area contributed by atoms with Gasteiger partial charge in [0.2, 0.25) is 0 Å². The summed E-state index contributed by atoms with van der Waals surface area (Å²) in [6.45, 7) is 6.30. The molecule has 0 aliphatic heterocycles. The molecule has 0 N–H and O–H groups in total. The average molecular weight is 873 g/mol. The highest BCUT2D eigenvalue weighted by Crippen LogP contribution is 2.13. The van der Waals surface area contributed by atoms with Crippen molar-refractivity contribution in [3.05, 3.63) is 109 Å². The Hall–Kier alpha value is -3.93. The zero-order chi connectivity index (χ0) is 45.8. The molecular formula is C57H92O6. The lowest BCUT2D eigenvalue weighted by Gasteiger charge is -2.18. The molecule has 356 valence electrons. The van der Waals surface area contributed by atoms with Gasteiger partial charge < -0.3 is 14.2 Å². The van der Waals surface area contributed by atoms with Crippen LogP contribution >= 0.6 is 0 Å². The van der Waals surface area contributed by atoms with E-state index in [0.717, 1.165) is 148 Å². The van der Waals surface area contributed by atoms with Crippen LogP contribution in [0, 0.1) is 0 Å². The molecule has 0 aromatic carbocycles. The summed E-state index contributed by atoms with van der Waals surface area (Å²) >= 11 is 0. The monoisotopic (exact) mass is 873 g/mol. The van der Waals surface area contributed by atoms with Crippen molar-refractivity contribution in [1.29, 1.82) is 0 Å². The Kier molecular flexibility index (Phi) is 47.5. The van der Waals surface area contributed by atoms with E-state index in [2.05, 4.69) is 130 Å². The van der Waals surface area contributed by atoms with Crippen LogP contribution in [0.25, 0.3) is 0 Å². The Labute approximate surface area is 387 Å². The second-order valence-corrected chi connectivity index (χ2v) is 16.3. The molecule has 6 nitrogen and oxygen atoms in total. The van der Waals surface area contributed by atoms with E-state index in [1.54, 1.807) is 0 Å². The van der Waals surface area contributed by atoms with Crippen molar-refractivity contribution >= 4 is 17.9 Å². The SMILES string of the molecule is CC/C=C\C/C=C\C/C=C\C/C=C\C/C=C\CCCCCC(=O)OC[C@H](COC(=O)CCCCCCC/C=C\C/C=C\C/C=C\CC)OC(=O)CCCCCCC/C=C\CCCC. The molecule has 6 heteroatoms. The maximum Gasteiger partial charge on any atom is 0.306 e. The number of ether oxygens (including phenoxy) is 3. The summed E-state index contributed by atoms with van der Waals surface area (Å²) in [5.41, 5.74) is 0. The normalized spacial score (nSPS) is 13.0. The van der Waals surface area contributed by atoms with E-state index in [1.807, 2.05) is 0 Å². The fraction of sp³-hybridized carbons (Fsp3) is 0.632. The van der Waals surface area contributed by atoms with Crippen molar-refractivity contribution in [3.8, 4) is 0 Å². The molecule has 0 rings (SSSR count). The molecule has 63 heavy (non-hydrogen) atoms. The molecule has 0 aromatic rings. The molecule has 0 spiro atoms. The maximum absolute atomic E-state index is 12.8. The average Bonchev–Trinajstić information content (AvgIpc) is 3.28. The first-order valence-electron chi connectivity index (χ1n) is 25.4. The summed E-state index contributed by atoms with van der Waals surface area (Å²) in [4.78, 5) is 37.9. The van der Waals surface area contributed by atoms with Crippen molar-refractivity contribution in [2.75, 3.05) is 13.2 Å². The van der Waals surface area contributed by atoms with Crippen molar-refractivity contribution < 1.29 is 28.6 Å². The number of hydrogen-bond donors (Lipinski definition) is 0. The van der Waals surface area contributed by atoms with Crippen LogP contribution in [0.4, 0.5) is 0 Å². The van der Waals surface area contributed by atoms with Crippen LogP contribution in [0.5, 0.6) is 0 Å². The quantitative estimate of drug-likeness (QED) is 0.0263. The zero-order valence-corrected chi connectivity index (χ0v) is 40.5. The predicted molar refractivity (Wildman–Crippen MR) is 270 cm³/mol. The second kappa shape index (κ2) is 50.7. The Balaban J connectivity index is 4.46. The van der Waals surface area contributed by atoms with Crippen molar-refractivity contribution in [2.24, 2.45) is 0 Å². The second-order valence-electron chi connectivity index (χ2n) is 16.3. The van der Waals surface area contributed by atoms with E-state index in [0.29, 0.717) is 19.3 Å². The van der Waals surface area contributed by atoms with Gasteiger partial charge in [-0.2, -0.15) is 0 Å². The van der Waals surface area contributed by atoms with Crippen LogP contribution in [0.15, 0.2) is 109 Å². The molecular weight excluding hydrogens is 781 g/mol. The molecule has 0 saturated heterocycles. The molecule has 0 bridgehead atoms. The number of esters is 3. The van der Waals surface area contributed by atoms with Gasteiger partial charge in [-0.1, -0.05) is 188 Å². The molecule has 0 saturated carbocycles. The first kappa shape index (κ1) is 59.1. The number of hydrogen-bond acceptors (Lipinski definition) is 6. The van der Waals surface area contributed by atoms with Gasteiger partial charge in [0, 0.05) is 19.3 Å². The standard InChI is InChI=1S/C57H92O6/c1-4-7-10-13-16-19-22-24-26-27-28-29-31-33-36-38-41-44-47-50-56(59)62-53-54(63-57(60)51-48-45-42-39-34-21-18-15-12-9-6-3)52-61-55(58)49-46-43-40-37-35-32-30-25-23-20-17-14-11-8-5-2/h7-8,10-11,15-20,24-26,28-30,33,36,54H,4-6,9,12-14,21-23,27,31-32,34-35,37-53H2,1-3H3/b10-7-,11-8-,18-15-,19-16-,20-17-,26-24-,29-28-,30-25-,36-33-/t54-/m0/s1. The number of carbonyl (C=O) groups excluding carboxylic acids is 3. The molecule has 0 fully saturated rings. The fourth-order valence-electron chi connectivity index (χ4n) is 6.46. The lowest BCUT2D eigenvalue weighted by molar-refractivity contribution is -0.167. The molecule has 0 aromatic heterocycles. The molecule has 0 unspecified atom stereocenters. The highest BCUT2D eigenvalue weighted by molar-refractivity contribution is 5.71. The number of unbranched alkanes of at least 4 members (excludes halogenated alkanes) is 15. The largest absolute Gasteiger partial charge is 0.462 e. The third kappa shape index (κ3) is 49.0. The first-order chi connectivity index (χ1) is 31.0. The van der Waals surface area contributed by atoms with E-state index in [9.17, 15) is 14.4 Å². The number of carbonyl (C=O) groups is 3. The van der Waals surface area contributed by atoms with E-state index in [1.165, 1.54) is 25.7 Å². The minimum Gasteiger partial charge on any atom is -0.462 e. The van der Waals surface area contributed by atoms with E-state index < -0.39 is 6.10 Å². The summed E-state index contributed by atoms with van der Waals surface area (Å²) in [6.07, 6.45) is 67.8. The number of allylic oxidation sites excluding steroid dienone is 18. The Morgan fingerprint density at radius 1 is 0.333 bits per heavy atom. The maximum atomic E-state index is 12.8. The third-order valence-electron chi connectivity index (χ3n) is 10.2. The molecule has 1 atom stereocenters. The van der Waals surface area contributed by atoms with Gasteiger partial charge in [0.05, 0.1) is 0 Å². The van der Waals surface area contributed by atoms with Gasteiger partial charge in [-0.3, -0.25) is 14.4 Å². The number of rotatable bonds is 44. The van der Waals surface area contributed by atoms with E-state index in [-0.39, 0.29) is 31.1 Å². The van der Waals surface area contributed by atoms with Gasteiger partial charge in [-0.15, -0.1) is 0 Å². The summed E-state index contributed by atoms with van der Waals surface area (Å²) in [5, 5.41) is 0. The Morgan fingerprint density at radius 3 is 1.00 bits per heavy atom. The van der Waals surface area contributed by atoms with Crippen molar-refractivity contribution in [3.63, 3.8) is 0 Å². The summed E-state index contributed by atoms with van der Waals surface area (Å²) in [7, 11) is 0. The topological polar surface area (TPSA) is 78.9 Å². The summed E-state index contributed by atoms with van der Waals surface area (Å²) in [5.74, 6) is -0.969. The van der Waals surface area contributed by atoms with Crippen LogP contribution < -0.4 is 0 Å². The predicted octanol–water partition coefficient (Wildman–Crippen LogP) is 16.8. The van der Waals surface area contributed by atoms with Gasteiger partial charge in [-0.05, 0) is 116 Å². The molecule has 0 heterocycles. The van der Waals surface area contributed by atoms with Crippen molar-refractivity contribution in [1.82, 2.24) is 0 Å². The molecule has 0 amide bonds. The van der Waals surface area contributed by atoms with Gasteiger partial charge >= 0.3 is 17.9 Å². The Bertz CT molecular complexity index is 1330. The van der Waals surface area contributed by atoms with Gasteiger partial charge in [0.25, 0.3) is 0 Å². The van der Waals surface area contributed by atoms with Gasteiger partial charge in [0.1, 0.15) is 13.2 Å². The first-order valence-corrected chi connectivity index (χ1v) is 25.4. The summed E-state index contributed by atoms with van der Waals surface area (Å²) < 4.78 is 16.7. The molecule has 0 radical (unpaired) electrons. The smallest absolute Gasteiger partial charge is 0.306 e. The lowest BCUT2D eigenvalue weighted by Crippen LogP contribution is -2.30. The van der Waals surface area contributed by atoms with Gasteiger partial charge in [0.15, 0.2) is 6.10 Å². The van der Waals surface area contributed by atoms with Crippen LogP contribution in [0.1, 0.15) is 213 Å². The highest BCUT2D eigenvalue weighted by atomic mass is 16.6. The van der Waals surface area contributed by atoms with Crippen molar-refractivity contribution in [2.45, 2.75) is 219 Å². The minimum absolute atomic E-state index is 0.103. The molecule has 0 aliphatic carbocycles. The van der Waals surface area contributed by atoms with Gasteiger partial charge in [-0.25, -0.2) is 0 Å². The van der Waals surface area contributed by atoms with Crippen LogP contribution in [0.3, 0.4) is 0 Å². The highest BCUT2D eigenvalue weighted by Gasteiger charge is 2.19. The minimum atomic E-state index is -0.804. The van der Waals surface area contributed by atoms with Crippen LogP contribution in [-0.2, 0) is 28.6 Å². The van der Waals surface area contributed by atoms with E-state index >= 15 is 0 Å². The van der Waals surface area contributed by atoms with E-state index in [4.69, 9.17) is 14.2 Å². The van der Waals surface area contributed by atoms with Crippen LogP contribution in [0.2, 0.25) is 0 Å². The fourth-order valence-corrected chi connectivity index (χ4v) is 6.46. The zero-order valence-electron chi connectivity index (χ0n) is 40.5.